The van der Waals surface area contributed by atoms with E-state index in [-0.39, 0.29) is 11.0 Å². The maximum atomic E-state index is 14.4. The molecular formula is C17H8F8N2O3. The number of rotatable bonds is 3. The Hall–Kier alpha value is -3.38. The molecule has 13 heteroatoms. The predicted molar refractivity (Wildman–Crippen MR) is 83.6 cm³/mol. The number of amides is 2. The molecule has 0 aliphatic carbocycles. The highest BCUT2D eigenvalue weighted by Gasteiger charge is 2.51. The number of alkyl halides is 2. The third-order valence-electron chi connectivity index (χ3n) is 4.13. The highest BCUT2D eigenvalue weighted by atomic mass is 19.3. The van der Waals surface area contributed by atoms with Gasteiger partial charge in [-0.3, -0.25) is 14.5 Å². The lowest BCUT2D eigenvalue weighted by molar-refractivity contribution is -0.192. The summed E-state index contributed by atoms with van der Waals surface area (Å²) < 4.78 is 114. The molecule has 0 bridgehead atoms. The molecule has 0 spiro atoms. The molecule has 0 aromatic heterocycles. The maximum Gasteiger partial charge on any atom is 0.482 e. The van der Waals surface area contributed by atoms with Crippen LogP contribution in [0, 0.1) is 34.9 Å². The minimum Gasteiger partial charge on any atom is -0.423 e. The number of carbonyl (C=O) groups excluding carboxylic acids is 2. The van der Waals surface area contributed by atoms with Crippen molar-refractivity contribution in [2.75, 3.05) is 18.5 Å². The van der Waals surface area contributed by atoms with E-state index in [1.807, 2.05) is 5.32 Å². The maximum absolute atomic E-state index is 14.4. The fourth-order valence-corrected chi connectivity index (χ4v) is 2.70. The Morgan fingerprint density at radius 1 is 1.00 bits per heavy atom. The molecule has 2 aromatic carbocycles. The molecule has 2 aromatic rings. The van der Waals surface area contributed by atoms with Crippen molar-refractivity contribution < 1.29 is 49.4 Å². The molecule has 1 aliphatic rings. The summed E-state index contributed by atoms with van der Waals surface area (Å²) in [6, 6.07) is 0.527. The molecule has 5 nitrogen and oxygen atoms in total. The van der Waals surface area contributed by atoms with Crippen LogP contribution in [0.5, 0.6) is 5.75 Å². The Morgan fingerprint density at radius 2 is 1.53 bits per heavy atom. The number of benzene rings is 2. The van der Waals surface area contributed by atoms with Crippen molar-refractivity contribution in [2.45, 2.75) is 6.11 Å². The van der Waals surface area contributed by atoms with Crippen LogP contribution in [0.3, 0.4) is 0 Å². The summed E-state index contributed by atoms with van der Waals surface area (Å²) in [5, 5.41) is 2.03. The van der Waals surface area contributed by atoms with Crippen LogP contribution in [0.2, 0.25) is 0 Å². The second-order valence-electron chi connectivity index (χ2n) is 5.93. The molecule has 0 unspecified atom stereocenters. The van der Waals surface area contributed by atoms with Crippen molar-refractivity contribution in [2.24, 2.45) is 0 Å². The average Bonchev–Trinajstić information content (AvgIpc) is 2.69. The van der Waals surface area contributed by atoms with Crippen LogP contribution in [-0.4, -0.2) is 31.5 Å². The van der Waals surface area contributed by atoms with Gasteiger partial charge in [-0.2, -0.15) is 8.78 Å². The molecule has 2 amide bonds. The van der Waals surface area contributed by atoms with Gasteiger partial charge in [-0.1, -0.05) is 0 Å². The molecule has 160 valence electrons. The molecule has 0 atom stereocenters. The first-order valence-corrected chi connectivity index (χ1v) is 7.85. The van der Waals surface area contributed by atoms with Gasteiger partial charge in [0.25, 0.3) is 0 Å². The zero-order valence-corrected chi connectivity index (χ0v) is 14.6. The second kappa shape index (κ2) is 7.15. The number of halogens is 8. The Kier molecular flexibility index (Phi) is 5.08. The minimum absolute atomic E-state index is 0.118. The van der Waals surface area contributed by atoms with Crippen molar-refractivity contribution in [3.63, 3.8) is 0 Å². The Balaban J connectivity index is 2.29. The number of ether oxygens (including phenoxy) is 1. The standard InChI is InChI=1S/C17H8F8N2O3/c1-26-9(28)4-27-7-2-5(6(18)3-8(7)30-17(24,25)16(27)29)10-11(19)13(21)15(23)14(22)12(10)20/h2-3H,4H2,1H3,(H,26,28). The van der Waals surface area contributed by atoms with Crippen LogP contribution in [0.4, 0.5) is 40.8 Å². The van der Waals surface area contributed by atoms with E-state index in [4.69, 9.17) is 0 Å². The van der Waals surface area contributed by atoms with Crippen LogP contribution in [0.1, 0.15) is 0 Å². The highest BCUT2D eigenvalue weighted by Crippen LogP contribution is 2.44. The number of anilines is 1. The van der Waals surface area contributed by atoms with Crippen LogP contribution in [0.25, 0.3) is 11.1 Å². The molecule has 0 saturated heterocycles. The van der Waals surface area contributed by atoms with Crippen molar-refractivity contribution in [1.82, 2.24) is 5.32 Å². The van der Waals surface area contributed by atoms with Crippen LogP contribution in [-0.2, 0) is 9.59 Å². The fourth-order valence-electron chi connectivity index (χ4n) is 2.70. The summed E-state index contributed by atoms with van der Waals surface area (Å²) in [7, 11) is 1.11. The zero-order valence-electron chi connectivity index (χ0n) is 14.6. The molecule has 0 saturated carbocycles. The van der Waals surface area contributed by atoms with Crippen molar-refractivity contribution in [3.8, 4) is 16.9 Å². The van der Waals surface area contributed by atoms with Crippen molar-refractivity contribution in [3.05, 3.63) is 47.0 Å². The van der Waals surface area contributed by atoms with Gasteiger partial charge in [-0.25, -0.2) is 26.3 Å². The summed E-state index contributed by atoms with van der Waals surface area (Å²) in [5.74, 6) is -17.8. The van der Waals surface area contributed by atoms with Crippen molar-refractivity contribution in [1.29, 1.82) is 0 Å². The van der Waals surface area contributed by atoms with Gasteiger partial charge in [0, 0.05) is 18.7 Å². The highest BCUT2D eigenvalue weighted by molar-refractivity contribution is 6.05. The second-order valence-corrected chi connectivity index (χ2v) is 5.93. The van der Waals surface area contributed by atoms with Gasteiger partial charge in [-0.05, 0) is 6.07 Å². The normalized spacial score (nSPS) is 15.0. The average molecular weight is 440 g/mol. The summed E-state index contributed by atoms with van der Waals surface area (Å²) in [5.41, 5.74) is -3.70. The summed E-state index contributed by atoms with van der Waals surface area (Å²) in [6.45, 7) is -1.04. The lowest BCUT2D eigenvalue weighted by Crippen LogP contribution is -2.53. The van der Waals surface area contributed by atoms with E-state index in [9.17, 15) is 44.7 Å². The molecule has 1 N–H and O–H groups in total. The van der Waals surface area contributed by atoms with Gasteiger partial charge in [0.1, 0.15) is 12.4 Å². The number of carbonyl (C=O) groups is 2. The Morgan fingerprint density at radius 3 is 2.07 bits per heavy atom. The fraction of sp³-hybridized carbons (Fsp3) is 0.176. The van der Waals surface area contributed by atoms with Gasteiger partial charge >= 0.3 is 12.0 Å². The molecule has 30 heavy (non-hydrogen) atoms. The van der Waals surface area contributed by atoms with Crippen LogP contribution >= 0.6 is 0 Å². The quantitative estimate of drug-likeness (QED) is 0.453. The van der Waals surface area contributed by atoms with Gasteiger partial charge in [0.15, 0.2) is 29.0 Å². The Bertz CT molecular complexity index is 1060. The van der Waals surface area contributed by atoms with Gasteiger partial charge in [-0.15, -0.1) is 0 Å². The number of hydrogen-bond acceptors (Lipinski definition) is 3. The van der Waals surface area contributed by atoms with Gasteiger partial charge < -0.3 is 10.1 Å². The zero-order chi connectivity index (χ0) is 22.5. The number of likely N-dealkylation sites (N-methyl/N-ethyl adjacent to an activating group) is 1. The largest absolute Gasteiger partial charge is 0.482 e. The number of nitrogens with zero attached hydrogens (tertiary/aromatic N) is 1. The van der Waals surface area contributed by atoms with E-state index < -0.39 is 81.9 Å². The minimum atomic E-state index is -4.51. The van der Waals surface area contributed by atoms with E-state index in [1.54, 1.807) is 0 Å². The number of hydrogen-bond donors (Lipinski definition) is 1. The SMILES string of the molecule is CNC(=O)CN1C(=O)C(F)(F)Oc2cc(F)c(-c3c(F)c(F)c(F)c(F)c3F)cc21. The summed E-state index contributed by atoms with van der Waals surface area (Å²) in [4.78, 5) is 23.6. The first kappa shape index (κ1) is 21.3. The van der Waals surface area contributed by atoms with Crippen molar-refractivity contribution >= 4 is 17.5 Å². The van der Waals surface area contributed by atoms with Crippen LogP contribution < -0.4 is 15.0 Å². The van der Waals surface area contributed by atoms with Crippen LogP contribution in [0.15, 0.2) is 12.1 Å². The third kappa shape index (κ3) is 3.19. The lowest BCUT2D eigenvalue weighted by Gasteiger charge is -2.33. The lowest BCUT2D eigenvalue weighted by atomic mass is 10.0. The monoisotopic (exact) mass is 440 g/mol. The smallest absolute Gasteiger partial charge is 0.423 e. The van der Waals surface area contributed by atoms with E-state index in [0.29, 0.717) is 6.07 Å². The summed E-state index contributed by atoms with van der Waals surface area (Å²) in [6.07, 6.45) is -4.51. The first-order valence-electron chi connectivity index (χ1n) is 7.85. The molecule has 0 radical (unpaired) electrons. The molecular weight excluding hydrogens is 432 g/mol. The van der Waals surface area contributed by atoms with E-state index in [1.165, 1.54) is 0 Å². The van der Waals surface area contributed by atoms with Gasteiger partial charge in [0.2, 0.25) is 11.7 Å². The van der Waals surface area contributed by atoms with E-state index >= 15 is 0 Å². The Labute approximate surface area is 161 Å². The molecule has 1 heterocycles. The predicted octanol–water partition coefficient (Wildman–Crippen LogP) is 3.25. The number of fused-ring (bicyclic) bond motifs is 1. The first-order chi connectivity index (χ1) is 13.9. The molecule has 0 fully saturated rings. The topological polar surface area (TPSA) is 58.6 Å². The van der Waals surface area contributed by atoms with Gasteiger partial charge in [0.05, 0.1) is 11.3 Å². The van der Waals surface area contributed by atoms with E-state index in [2.05, 4.69) is 4.74 Å². The molecule has 1 aliphatic heterocycles. The number of nitrogens with one attached hydrogen (secondary N) is 1. The molecule has 3 rings (SSSR count). The third-order valence-corrected chi connectivity index (χ3v) is 4.13. The van der Waals surface area contributed by atoms with E-state index in [0.717, 1.165) is 7.05 Å². The summed E-state index contributed by atoms with van der Waals surface area (Å²) >= 11 is 0.